The Kier molecular flexibility index (Phi) is 2.99. The zero-order valence-corrected chi connectivity index (χ0v) is 9.94. The Labute approximate surface area is 99.3 Å². The van der Waals surface area contributed by atoms with Crippen LogP contribution in [-0.2, 0) is 7.05 Å². The number of aromatic nitrogens is 2. The minimum Gasteiger partial charge on any atom is -0.382 e. The molecule has 0 saturated carbocycles. The molecule has 1 aromatic carbocycles. The number of aryl methyl sites for hydroxylation is 2. The van der Waals surface area contributed by atoms with E-state index in [1.165, 1.54) is 0 Å². The van der Waals surface area contributed by atoms with Crippen molar-refractivity contribution in [1.82, 2.24) is 9.78 Å². The van der Waals surface area contributed by atoms with E-state index in [9.17, 15) is 5.11 Å². The van der Waals surface area contributed by atoms with Crippen molar-refractivity contribution in [2.75, 3.05) is 0 Å². The third-order valence-electron chi connectivity index (χ3n) is 2.67. The number of aliphatic hydroxyl groups excluding tert-OH is 1. The van der Waals surface area contributed by atoms with Crippen LogP contribution in [0.15, 0.2) is 30.5 Å². The molecule has 0 spiro atoms. The van der Waals surface area contributed by atoms with Crippen LogP contribution in [-0.4, -0.2) is 14.9 Å². The summed E-state index contributed by atoms with van der Waals surface area (Å²) in [7, 11) is 1.81. The monoisotopic (exact) mass is 236 g/mol. The van der Waals surface area contributed by atoms with E-state index >= 15 is 0 Å². The Morgan fingerprint density at radius 2 is 2.12 bits per heavy atom. The number of benzene rings is 1. The van der Waals surface area contributed by atoms with Gasteiger partial charge in [0, 0.05) is 18.3 Å². The van der Waals surface area contributed by atoms with Gasteiger partial charge < -0.3 is 5.11 Å². The van der Waals surface area contributed by atoms with Gasteiger partial charge in [-0.25, -0.2) is 0 Å². The lowest BCUT2D eigenvalue weighted by Gasteiger charge is -2.14. The van der Waals surface area contributed by atoms with E-state index in [-0.39, 0.29) is 0 Å². The van der Waals surface area contributed by atoms with Crippen LogP contribution in [0.4, 0.5) is 0 Å². The number of halogens is 1. The molecule has 2 rings (SSSR count). The lowest BCUT2D eigenvalue weighted by atomic mass is 10.0. The van der Waals surface area contributed by atoms with Crippen molar-refractivity contribution in [3.8, 4) is 0 Å². The molecule has 0 amide bonds. The Morgan fingerprint density at radius 1 is 1.38 bits per heavy atom. The fraction of sp³-hybridized carbons (Fsp3) is 0.250. The smallest absolute Gasteiger partial charge is 0.121 e. The van der Waals surface area contributed by atoms with Crippen LogP contribution in [0.2, 0.25) is 5.02 Å². The fourth-order valence-corrected chi connectivity index (χ4v) is 1.98. The molecule has 0 fully saturated rings. The van der Waals surface area contributed by atoms with Crippen molar-refractivity contribution in [1.29, 1.82) is 0 Å². The van der Waals surface area contributed by atoms with Gasteiger partial charge in [0.25, 0.3) is 0 Å². The number of rotatable bonds is 2. The van der Waals surface area contributed by atoms with E-state index in [0.29, 0.717) is 5.02 Å². The molecule has 4 heteroatoms. The fourth-order valence-electron chi connectivity index (χ4n) is 1.76. The Bertz CT molecular complexity index is 507. The highest BCUT2D eigenvalue weighted by Crippen LogP contribution is 2.26. The molecule has 16 heavy (non-hydrogen) atoms. The molecule has 0 bridgehead atoms. The molecule has 84 valence electrons. The second kappa shape index (κ2) is 4.28. The Balaban J connectivity index is 2.41. The zero-order chi connectivity index (χ0) is 11.7. The molecule has 2 aromatic rings. The SMILES string of the molecule is Cc1cc(Cl)ccc1C(O)c1ccnn1C. The molecule has 1 heterocycles. The Morgan fingerprint density at radius 3 is 2.69 bits per heavy atom. The Hall–Kier alpha value is -1.32. The normalized spacial score (nSPS) is 12.8. The first kappa shape index (κ1) is 11.2. The van der Waals surface area contributed by atoms with Gasteiger partial charge in [0.15, 0.2) is 0 Å². The lowest BCUT2D eigenvalue weighted by molar-refractivity contribution is 0.209. The van der Waals surface area contributed by atoms with Crippen molar-refractivity contribution in [2.24, 2.45) is 7.05 Å². The van der Waals surface area contributed by atoms with Crippen molar-refractivity contribution in [3.63, 3.8) is 0 Å². The lowest BCUT2D eigenvalue weighted by Crippen LogP contribution is -2.07. The van der Waals surface area contributed by atoms with E-state index in [1.54, 1.807) is 23.0 Å². The summed E-state index contributed by atoms with van der Waals surface area (Å²) in [4.78, 5) is 0. The van der Waals surface area contributed by atoms with Gasteiger partial charge in [-0.05, 0) is 36.2 Å². The number of aliphatic hydroxyl groups is 1. The van der Waals surface area contributed by atoms with Gasteiger partial charge in [0.2, 0.25) is 0 Å². The molecule has 1 aromatic heterocycles. The number of nitrogens with zero attached hydrogens (tertiary/aromatic N) is 2. The van der Waals surface area contributed by atoms with Gasteiger partial charge in [-0.15, -0.1) is 0 Å². The molecule has 0 saturated heterocycles. The first-order valence-corrected chi connectivity index (χ1v) is 5.39. The van der Waals surface area contributed by atoms with Crippen LogP contribution in [0, 0.1) is 6.92 Å². The van der Waals surface area contributed by atoms with E-state index < -0.39 is 6.10 Å². The molecular formula is C12H13ClN2O. The summed E-state index contributed by atoms with van der Waals surface area (Å²) in [5.41, 5.74) is 2.60. The quantitative estimate of drug-likeness (QED) is 0.870. The largest absolute Gasteiger partial charge is 0.382 e. The van der Waals surface area contributed by atoms with Gasteiger partial charge in [-0.2, -0.15) is 5.10 Å². The van der Waals surface area contributed by atoms with Crippen LogP contribution < -0.4 is 0 Å². The van der Waals surface area contributed by atoms with Gasteiger partial charge in [-0.3, -0.25) is 4.68 Å². The highest BCUT2D eigenvalue weighted by Gasteiger charge is 2.15. The van der Waals surface area contributed by atoms with E-state index in [4.69, 9.17) is 11.6 Å². The van der Waals surface area contributed by atoms with Gasteiger partial charge in [0.1, 0.15) is 6.10 Å². The van der Waals surface area contributed by atoms with Crippen LogP contribution >= 0.6 is 11.6 Å². The zero-order valence-electron chi connectivity index (χ0n) is 9.18. The summed E-state index contributed by atoms with van der Waals surface area (Å²) in [6.07, 6.45) is 1.01. The number of hydrogen-bond acceptors (Lipinski definition) is 2. The van der Waals surface area contributed by atoms with Crippen molar-refractivity contribution in [2.45, 2.75) is 13.0 Å². The van der Waals surface area contributed by atoms with Gasteiger partial charge in [0.05, 0.1) is 5.69 Å². The van der Waals surface area contributed by atoms with Crippen LogP contribution in [0.3, 0.4) is 0 Å². The van der Waals surface area contributed by atoms with Crippen LogP contribution in [0.1, 0.15) is 22.9 Å². The van der Waals surface area contributed by atoms with Crippen molar-refractivity contribution >= 4 is 11.6 Å². The molecule has 1 N–H and O–H groups in total. The van der Waals surface area contributed by atoms with Crippen molar-refractivity contribution < 1.29 is 5.11 Å². The predicted octanol–water partition coefficient (Wildman–Crippen LogP) is 2.46. The summed E-state index contributed by atoms with van der Waals surface area (Å²) in [5, 5.41) is 14.9. The maximum atomic E-state index is 10.2. The summed E-state index contributed by atoms with van der Waals surface area (Å²) in [5.74, 6) is 0. The minimum atomic E-state index is -0.662. The average Bonchev–Trinajstić information content (AvgIpc) is 2.63. The first-order chi connectivity index (χ1) is 7.59. The second-order valence-corrected chi connectivity index (χ2v) is 4.22. The first-order valence-electron chi connectivity index (χ1n) is 5.01. The highest BCUT2D eigenvalue weighted by atomic mass is 35.5. The second-order valence-electron chi connectivity index (χ2n) is 3.78. The van der Waals surface area contributed by atoms with Crippen LogP contribution in [0.25, 0.3) is 0 Å². The minimum absolute atomic E-state index is 0.662. The average molecular weight is 237 g/mol. The molecular weight excluding hydrogens is 224 g/mol. The topological polar surface area (TPSA) is 38.1 Å². The third-order valence-corrected chi connectivity index (χ3v) is 2.90. The summed E-state index contributed by atoms with van der Waals surface area (Å²) in [6, 6.07) is 7.27. The van der Waals surface area contributed by atoms with E-state index in [0.717, 1.165) is 16.8 Å². The molecule has 1 atom stereocenters. The van der Waals surface area contributed by atoms with Crippen LogP contribution in [0.5, 0.6) is 0 Å². The molecule has 0 radical (unpaired) electrons. The number of hydrogen-bond donors (Lipinski definition) is 1. The van der Waals surface area contributed by atoms with Gasteiger partial charge >= 0.3 is 0 Å². The predicted molar refractivity (Wildman–Crippen MR) is 63.5 cm³/mol. The van der Waals surface area contributed by atoms with Crippen molar-refractivity contribution in [3.05, 3.63) is 52.3 Å². The molecule has 0 aliphatic carbocycles. The van der Waals surface area contributed by atoms with E-state index in [2.05, 4.69) is 5.10 Å². The van der Waals surface area contributed by atoms with E-state index in [1.807, 2.05) is 26.1 Å². The van der Waals surface area contributed by atoms with Gasteiger partial charge in [-0.1, -0.05) is 17.7 Å². The molecule has 1 unspecified atom stereocenters. The standard InChI is InChI=1S/C12H13ClN2O/c1-8-7-9(13)3-4-10(8)12(16)11-5-6-14-15(11)2/h3-7,12,16H,1-2H3. The summed E-state index contributed by atoms with van der Waals surface area (Å²) in [6.45, 7) is 1.93. The summed E-state index contributed by atoms with van der Waals surface area (Å²) < 4.78 is 1.67. The molecule has 0 aliphatic heterocycles. The molecule has 3 nitrogen and oxygen atoms in total. The highest BCUT2D eigenvalue weighted by molar-refractivity contribution is 6.30. The maximum Gasteiger partial charge on any atom is 0.121 e. The molecule has 0 aliphatic rings. The maximum absolute atomic E-state index is 10.2. The summed E-state index contributed by atoms with van der Waals surface area (Å²) >= 11 is 5.88. The third kappa shape index (κ3) is 1.96.